The van der Waals surface area contributed by atoms with Gasteiger partial charge >= 0.3 is 0 Å². The molecule has 0 aliphatic carbocycles. The third kappa shape index (κ3) is 5.27. The van der Waals surface area contributed by atoms with E-state index in [1.165, 1.54) is 42.9 Å². The topological polar surface area (TPSA) is 39.8 Å². The number of anilines is 2. The number of likely N-dealkylation sites (tertiary alicyclic amines) is 1. The summed E-state index contributed by atoms with van der Waals surface area (Å²) in [5.74, 6) is 1.52. The largest absolute Gasteiger partial charge is 0.493 e. The summed E-state index contributed by atoms with van der Waals surface area (Å²) in [5, 5.41) is 7.13. The van der Waals surface area contributed by atoms with Crippen LogP contribution in [0, 0.1) is 12.8 Å². The summed E-state index contributed by atoms with van der Waals surface area (Å²) >= 11 is 0. The lowest BCUT2D eigenvalue weighted by Gasteiger charge is -2.32. The number of rotatable bonds is 8. The number of nitrogens with one attached hydrogen (secondary N) is 2. The van der Waals surface area contributed by atoms with E-state index < -0.39 is 0 Å². The predicted molar refractivity (Wildman–Crippen MR) is 111 cm³/mol. The molecule has 2 saturated heterocycles. The van der Waals surface area contributed by atoms with Crippen LogP contribution in [0.2, 0.25) is 0 Å². The van der Waals surface area contributed by atoms with Crippen LogP contribution in [0.15, 0.2) is 12.1 Å². The molecule has 2 heterocycles. The van der Waals surface area contributed by atoms with E-state index in [0.717, 1.165) is 51.6 Å². The van der Waals surface area contributed by atoms with Crippen LogP contribution in [-0.4, -0.2) is 63.9 Å². The lowest BCUT2D eigenvalue weighted by atomic mass is 10.1. The lowest BCUT2D eigenvalue weighted by Crippen LogP contribution is -2.43. The lowest BCUT2D eigenvalue weighted by molar-refractivity contribution is 0.271. The second-order valence-electron chi connectivity index (χ2n) is 8.03. The van der Waals surface area contributed by atoms with Crippen molar-refractivity contribution in [3.63, 3.8) is 0 Å². The maximum Gasteiger partial charge on any atom is 0.123 e. The van der Waals surface area contributed by atoms with Crippen LogP contribution in [0.3, 0.4) is 0 Å². The first-order valence-corrected chi connectivity index (χ1v) is 10.3. The van der Waals surface area contributed by atoms with E-state index in [1.54, 1.807) is 0 Å². The number of hydrogen-bond donors (Lipinski definition) is 2. The Labute approximate surface area is 159 Å². The van der Waals surface area contributed by atoms with Crippen LogP contribution in [0.5, 0.6) is 5.75 Å². The van der Waals surface area contributed by atoms with Gasteiger partial charge in [-0.05, 0) is 44.3 Å². The van der Waals surface area contributed by atoms with Gasteiger partial charge in [-0.25, -0.2) is 0 Å². The fourth-order valence-corrected chi connectivity index (χ4v) is 3.79. The van der Waals surface area contributed by atoms with E-state index in [-0.39, 0.29) is 0 Å². The van der Waals surface area contributed by atoms with Crippen LogP contribution < -0.4 is 20.3 Å². The van der Waals surface area contributed by atoms with E-state index in [1.807, 2.05) is 0 Å². The molecule has 2 N–H and O–H groups in total. The van der Waals surface area contributed by atoms with Gasteiger partial charge in [0, 0.05) is 62.8 Å². The van der Waals surface area contributed by atoms with Crippen molar-refractivity contribution in [3.8, 4) is 5.75 Å². The van der Waals surface area contributed by atoms with E-state index in [2.05, 4.69) is 53.3 Å². The Morgan fingerprint density at radius 1 is 1.12 bits per heavy atom. The Hall–Kier alpha value is -1.46. The first-order chi connectivity index (χ1) is 12.6. The minimum Gasteiger partial charge on any atom is -0.493 e. The molecule has 0 bridgehead atoms. The number of benzene rings is 1. The van der Waals surface area contributed by atoms with Gasteiger partial charge in [-0.2, -0.15) is 0 Å². The maximum absolute atomic E-state index is 6.08. The van der Waals surface area contributed by atoms with E-state index >= 15 is 0 Å². The predicted octanol–water partition coefficient (Wildman–Crippen LogP) is 2.95. The number of ether oxygens (including phenoxy) is 1. The summed E-state index contributed by atoms with van der Waals surface area (Å²) in [5.41, 5.74) is 3.88. The molecule has 5 heteroatoms. The molecule has 0 atom stereocenters. The second kappa shape index (κ2) is 9.47. The SMILES string of the molecule is Cc1c(NCCN2CCCC2)cc(OCC(C)C)cc1N1CCNCC1. The van der Waals surface area contributed by atoms with Gasteiger partial charge in [0.2, 0.25) is 0 Å². The molecular weight excluding hydrogens is 324 g/mol. The molecular formula is C21H36N4O. The van der Waals surface area contributed by atoms with Gasteiger partial charge in [-0.3, -0.25) is 0 Å². The highest BCUT2D eigenvalue weighted by Gasteiger charge is 2.17. The molecule has 0 spiro atoms. The third-order valence-electron chi connectivity index (χ3n) is 5.34. The first kappa shape index (κ1) is 19.3. The zero-order valence-electron chi connectivity index (χ0n) is 16.8. The third-order valence-corrected chi connectivity index (χ3v) is 5.34. The summed E-state index contributed by atoms with van der Waals surface area (Å²) < 4.78 is 6.08. The van der Waals surface area contributed by atoms with Crippen LogP contribution in [-0.2, 0) is 0 Å². The summed E-state index contributed by atoms with van der Waals surface area (Å²) in [7, 11) is 0. The minimum atomic E-state index is 0.533. The van der Waals surface area contributed by atoms with Gasteiger partial charge in [-0.1, -0.05) is 13.8 Å². The van der Waals surface area contributed by atoms with Crippen molar-refractivity contribution < 1.29 is 4.74 Å². The van der Waals surface area contributed by atoms with Gasteiger partial charge in [0.1, 0.15) is 5.75 Å². The molecule has 0 amide bonds. The van der Waals surface area contributed by atoms with Gasteiger partial charge in [0.15, 0.2) is 0 Å². The fraction of sp³-hybridized carbons (Fsp3) is 0.714. The molecule has 26 heavy (non-hydrogen) atoms. The quantitative estimate of drug-likeness (QED) is 0.746. The zero-order chi connectivity index (χ0) is 18.4. The van der Waals surface area contributed by atoms with Crippen LogP contribution >= 0.6 is 0 Å². The van der Waals surface area contributed by atoms with Crippen molar-refractivity contribution in [2.45, 2.75) is 33.6 Å². The molecule has 3 rings (SSSR count). The van der Waals surface area contributed by atoms with E-state index in [0.29, 0.717) is 5.92 Å². The monoisotopic (exact) mass is 360 g/mol. The Bertz CT molecular complexity index is 563. The smallest absolute Gasteiger partial charge is 0.123 e. The summed E-state index contributed by atoms with van der Waals surface area (Å²) in [6, 6.07) is 4.42. The minimum absolute atomic E-state index is 0.533. The standard InChI is InChI=1S/C21H36N4O/c1-17(2)16-26-19-14-20(23-8-11-24-9-4-5-10-24)18(3)21(15-19)25-12-6-22-7-13-25/h14-15,17,22-23H,4-13,16H2,1-3H3. The van der Waals surface area contributed by atoms with Crippen molar-refractivity contribution in [3.05, 3.63) is 17.7 Å². The maximum atomic E-state index is 6.08. The Morgan fingerprint density at radius 3 is 2.54 bits per heavy atom. The van der Waals surface area contributed by atoms with Crippen molar-refractivity contribution in [1.29, 1.82) is 0 Å². The number of piperazine rings is 1. The van der Waals surface area contributed by atoms with Gasteiger partial charge < -0.3 is 25.2 Å². The molecule has 0 unspecified atom stereocenters. The molecule has 0 saturated carbocycles. The Balaban J connectivity index is 1.72. The first-order valence-electron chi connectivity index (χ1n) is 10.3. The van der Waals surface area contributed by atoms with Gasteiger partial charge in [-0.15, -0.1) is 0 Å². The zero-order valence-corrected chi connectivity index (χ0v) is 16.8. The van der Waals surface area contributed by atoms with Crippen LogP contribution in [0.25, 0.3) is 0 Å². The van der Waals surface area contributed by atoms with Gasteiger partial charge in [0.05, 0.1) is 6.61 Å². The van der Waals surface area contributed by atoms with E-state index in [4.69, 9.17) is 4.74 Å². The summed E-state index contributed by atoms with van der Waals surface area (Å²) in [4.78, 5) is 5.04. The summed E-state index contributed by atoms with van der Waals surface area (Å²) in [6.07, 6.45) is 2.70. The molecule has 1 aromatic carbocycles. The molecule has 0 radical (unpaired) electrons. The Kier molecular flexibility index (Phi) is 7.03. The van der Waals surface area contributed by atoms with E-state index in [9.17, 15) is 0 Å². The molecule has 2 aliphatic rings. The highest BCUT2D eigenvalue weighted by atomic mass is 16.5. The van der Waals surface area contributed by atoms with Crippen molar-refractivity contribution in [2.75, 3.05) is 69.2 Å². The van der Waals surface area contributed by atoms with Gasteiger partial charge in [0.25, 0.3) is 0 Å². The number of nitrogens with zero attached hydrogens (tertiary/aromatic N) is 2. The Morgan fingerprint density at radius 2 is 1.85 bits per heavy atom. The highest BCUT2D eigenvalue weighted by molar-refractivity contribution is 5.69. The fourth-order valence-electron chi connectivity index (χ4n) is 3.79. The second-order valence-corrected chi connectivity index (χ2v) is 8.03. The molecule has 146 valence electrons. The van der Waals surface area contributed by atoms with Crippen molar-refractivity contribution >= 4 is 11.4 Å². The number of hydrogen-bond acceptors (Lipinski definition) is 5. The van der Waals surface area contributed by atoms with Crippen molar-refractivity contribution in [1.82, 2.24) is 10.2 Å². The van der Waals surface area contributed by atoms with Crippen LogP contribution in [0.1, 0.15) is 32.3 Å². The van der Waals surface area contributed by atoms with Crippen LogP contribution in [0.4, 0.5) is 11.4 Å². The molecule has 0 aromatic heterocycles. The molecule has 1 aromatic rings. The summed E-state index contributed by atoms with van der Waals surface area (Å²) in [6.45, 7) is 16.2. The highest BCUT2D eigenvalue weighted by Crippen LogP contribution is 2.33. The molecule has 2 fully saturated rings. The molecule has 5 nitrogen and oxygen atoms in total. The average Bonchev–Trinajstić information content (AvgIpc) is 3.16. The average molecular weight is 361 g/mol. The van der Waals surface area contributed by atoms with Crippen molar-refractivity contribution in [2.24, 2.45) is 5.92 Å². The molecule has 2 aliphatic heterocycles. The normalized spacial score (nSPS) is 18.5.